The molecular weight excluding hydrogens is 196 g/mol. The summed E-state index contributed by atoms with van der Waals surface area (Å²) in [6.45, 7) is 14.4. The van der Waals surface area contributed by atoms with Gasteiger partial charge in [0, 0.05) is 5.39 Å². The first-order valence-electron chi connectivity index (χ1n) is 6.10. The minimum atomic E-state index is 1.13. The predicted octanol–water partition coefficient (Wildman–Crippen LogP) is 4.54. The first-order chi connectivity index (χ1) is 7.70. The average Bonchev–Trinajstić information content (AvgIpc) is 2.79. The van der Waals surface area contributed by atoms with Gasteiger partial charge >= 0.3 is 0 Å². The fourth-order valence-electron chi connectivity index (χ4n) is 1.53. The zero-order chi connectivity index (χ0) is 12.7. The molecule has 1 aromatic carbocycles. The second-order valence-electron chi connectivity index (χ2n) is 3.27. The summed E-state index contributed by atoms with van der Waals surface area (Å²) in [5.74, 6) is 0. The van der Waals surface area contributed by atoms with E-state index in [2.05, 4.69) is 37.0 Å². The van der Waals surface area contributed by atoms with Crippen molar-refractivity contribution in [1.29, 1.82) is 0 Å². The van der Waals surface area contributed by atoms with Crippen molar-refractivity contribution < 1.29 is 0 Å². The Labute approximate surface area is 99.1 Å². The van der Waals surface area contributed by atoms with Gasteiger partial charge in [0.2, 0.25) is 0 Å². The van der Waals surface area contributed by atoms with Crippen molar-refractivity contribution in [2.24, 2.45) is 0 Å². The van der Waals surface area contributed by atoms with Crippen LogP contribution in [0.25, 0.3) is 10.9 Å². The topological polar surface area (TPSA) is 28.7 Å². The first kappa shape index (κ1) is 14.7. The number of nitrogens with one attached hydrogen (secondary N) is 1. The number of benzene rings is 1. The van der Waals surface area contributed by atoms with Gasteiger partial charge in [-0.2, -0.15) is 5.10 Å². The Morgan fingerprint density at radius 1 is 0.938 bits per heavy atom. The molecule has 0 radical (unpaired) electrons. The minimum absolute atomic E-state index is 1.13. The van der Waals surface area contributed by atoms with Gasteiger partial charge < -0.3 is 0 Å². The zero-order valence-electron chi connectivity index (χ0n) is 11.6. The lowest BCUT2D eigenvalue weighted by Gasteiger charge is -2.04. The van der Waals surface area contributed by atoms with Crippen molar-refractivity contribution in [2.45, 2.75) is 48.5 Å². The number of aryl methyl sites for hydroxylation is 2. The summed E-state index contributed by atoms with van der Waals surface area (Å²) >= 11 is 0. The summed E-state index contributed by atoms with van der Waals surface area (Å²) in [5.41, 5.74) is 5.16. The van der Waals surface area contributed by atoms with E-state index >= 15 is 0 Å². The number of aromatic nitrogens is 2. The highest BCUT2D eigenvalue weighted by molar-refractivity contribution is 5.83. The molecule has 0 spiro atoms. The van der Waals surface area contributed by atoms with Crippen LogP contribution in [-0.2, 0) is 0 Å². The van der Waals surface area contributed by atoms with Gasteiger partial charge in [-0.3, -0.25) is 5.10 Å². The van der Waals surface area contributed by atoms with Crippen LogP contribution in [0.1, 0.15) is 44.4 Å². The van der Waals surface area contributed by atoms with E-state index in [1.54, 1.807) is 0 Å². The van der Waals surface area contributed by atoms with Crippen LogP contribution in [-0.4, -0.2) is 10.2 Å². The lowest BCUT2D eigenvalue weighted by atomic mass is 10.0. The van der Waals surface area contributed by atoms with Gasteiger partial charge in [-0.1, -0.05) is 27.7 Å². The maximum Gasteiger partial charge on any atom is 0.0655 e. The molecule has 0 aliphatic carbocycles. The Bertz CT molecular complexity index is 427. The quantitative estimate of drug-likeness (QED) is 0.693. The highest BCUT2D eigenvalue weighted by Gasteiger charge is 2.04. The predicted molar refractivity (Wildman–Crippen MR) is 73.0 cm³/mol. The molecule has 0 saturated carbocycles. The molecule has 0 saturated heterocycles. The molecule has 2 aromatic rings. The van der Waals surface area contributed by atoms with Gasteiger partial charge in [-0.25, -0.2) is 0 Å². The summed E-state index contributed by atoms with van der Waals surface area (Å²) in [6, 6.07) is 2.14. The molecular formula is C14H24N2. The van der Waals surface area contributed by atoms with Crippen LogP contribution in [0.5, 0.6) is 0 Å². The van der Waals surface area contributed by atoms with E-state index in [1.807, 2.05) is 33.9 Å². The largest absolute Gasteiger partial charge is 0.278 e. The number of aromatic amines is 1. The van der Waals surface area contributed by atoms with E-state index in [0.29, 0.717) is 0 Å². The van der Waals surface area contributed by atoms with E-state index in [9.17, 15) is 0 Å². The smallest absolute Gasteiger partial charge is 0.0655 e. The summed E-state index contributed by atoms with van der Waals surface area (Å²) in [7, 11) is 0. The Hall–Kier alpha value is -1.31. The molecule has 1 N–H and O–H groups in total. The van der Waals surface area contributed by atoms with Gasteiger partial charge in [0.25, 0.3) is 0 Å². The minimum Gasteiger partial charge on any atom is -0.278 e. The van der Waals surface area contributed by atoms with Crippen molar-refractivity contribution in [2.75, 3.05) is 0 Å². The number of rotatable bonds is 0. The second-order valence-corrected chi connectivity index (χ2v) is 3.27. The Morgan fingerprint density at radius 3 is 2.06 bits per heavy atom. The maximum atomic E-state index is 4.02. The third-order valence-electron chi connectivity index (χ3n) is 2.59. The Morgan fingerprint density at radius 2 is 1.50 bits per heavy atom. The number of H-pyrrole nitrogens is 1. The van der Waals surface area contributed by atoms with Crippen LogP contribution in [0.4, 0.5) is 0 Å². The number of hydrogen-bond donors (Lipinski definition) is 1. The number of hydrogen-bond acceptors (Lipinski definition) is 1. The lowest BCUT2D eigenvalue weighted by molar-refractivity contribution is 1.12. The van der Waals surface area contributed by atoms with Gasteiger partial charge in [0.1, 0.15) is 0 Å². The molecule has 0 aliphatic heterocycles. The van der Waals surface area contributed by atoms with Crippen molar-refractivity contribution >= 4 is 10.9 Å². The average molecular weight is 220 g/mol. The van der Waals surface area contributed by atoms with Crippen LogP contribution < -0.4 is 0 Å². The molecule has 1 heterocycles. The molecule has 2 rings (SSSR count). The molecule has 16 heavy (non-hydrogen) atoms. The van der Waals surface area contributed by atoms with E-state index in [1.165, 1.54) is 22.1 Å². The fourth-order valence-corrected chi connectivity index (χ4v) is 1.53. The normalized spacial score (nSPS) is 8.94. The van der Waals surface area contributed by atoms with Crippen LogP contribution in [0.2, 0.25) is 0 Å². The van der Waals surface area contributed by atoms with Crippen LogP contribution in [0, 0.1) is 20.8 Å². The molecule has 2 heteroatoms. The molecule has 0 aliphatic rings. The van der Waals surface area contributed by atoms with Gasteiger partial charge in [-0.05, 0) is 43.5 Å². The summed E-state index contributed by atoms with van der Waals surface area (Å²) in [6.07, 6.45) is 1.89. The molecule has 1 aromatic heterocycles. The van der Waals surface area contributed by atoms with Crippen LogP contribution in [0.3, 0.4) is 0 Å². The van der Waals surface area contributed by atoms with E-state index in [0.717, 1.165) is 5.52 Å². The summed E-state index contributed by atoms with van der Waals surface area (Å²) < 4.78 is 0. The first-order valence-corrected chi connectivity index (χ1v) is 6.10. The van der Waals surface area contributed by atoms with Crippen LogP contribution >= 0.6 is 0 Å². The van der Waals surface area contributed by atoms with Crippen molar-refractivity contribution in [3.8, 4) is 0 Å². The van der Waals surface area contributed by atoms with Crippen LogP contribution in [0.15, 0.2) is 12.3 Å². The molecule has 0 atom stereocenters. The van der Waals surface area contributed by atoms with E-state index < -0.39 is 0 Å². The Balaban J connectivity index is 0.000000509. The molecule has 0 unspecified atom stereocenters. The third kappa shape index (κ3) is 2.84. The summed E-state index contributed by atoms with van der Waals surface area (Å²) in [5, 5.41) is 8.23. The summed E-state index contributed by atoms with van der Waals surface area (Å²) in [4.78, 5) is 0. The second kappa shape index (κ2) is 7.04. The number of fused-ring (bicyclic) bond motifs is 1. The maximum absolute atomic E-state index is 4.02. The molecule has 2 nitrogen and oxygen atoms in total. The van der Waals surface area contributed by atoms with Gasteiger partial charge in [0.15, 0.2) is 0 Å². The standard InChI is InChI=1S/C10H12N2.2C2H6/c1-6-4-10-9(5-11-12-10)8(3)7(6)2;2*1-2/h4-5H,1-3H3,(H,11,12);2*1-2H3. The van der Waals surface area contributed by atoms with E-state index in [4.69, 9.17) is 0 Å². The van der Waals surface area contributed by atoms with Crippen molar-refractivity contribution in [3.63, 3.8) is 0 Å². The molecule has 0 amide bonds. The Kier molecular flexibility index (Phi) is 6.47. The highest BCUT2D eigenvalue weighted by atomic mass is 15.1. The van der Waals surface area contributed by atoms with Gasteiger partial charge in [0.05, 0.1) is 11.7 Å². The van der Waals surface area contributed by atoms with Crippen molar-refractivity contribution in [3.05, 3.63) is 29.0 Å². The van der Waals surface area contributed by atoms with Gasteiger partial charge in [-0.15, -0.1) is 0 Å². The van der Waals surface area contributed by atoms with Crippen molar-refractivity contribution in [1.82, 2.24) is 10.2 Å². The SMILES string of the molecule is CC.CC.Cc1cc2[nH]ncc2c(C)c1C. The highest BCUT2D eigenvalue weighted by Crippen LogP contribution is 2.22. The molecule has 90 valence electrons. The lowest BCUT2D eigenvalue weighted by Crippen LogP contribution is -1.86. The monoisotopic (exact) mass is 220 g/mol. The fraction of sp³-hybridized carbons (Fsp3) is 0.500. The molecule has 0 bridgehead atoms. The molecule has 0 fully saturated rings. The zero-order valence-corrected chi connectivity index (χ0v) is 11.6. The number of nitrogens with zero attached hydrogens (tertiary/aromatic N) is 1. The third-order valence-corrected chi connectivity index (χ3v) is 2.59. The van der Waals surface area contributed by atoms with E-state index in [-0.39, 0.29) is 0 Å².